The van der Waals surface area contributed by atoms with Gasteiger partial charge in [0.25, 0.3) is 0 Å². The number of nitrogens with one attached hydrogen (secondary N) is 1. The summed E-state index contributed by atoms with van der Waals surface area (Å²) in [6.45, 7) is 3.67. The summed E-state index contributed by atoms with van der Waals surface area (Å²) < 4.78 is 4.77. The van der Waals surface area contributed by atoms with Crippen molar-refractivity contribution in [2.75, 3.05) is 6.61 Å². The van der Waals surface area contributed by atoms with Crippen LogP contribution >= 0.6 is 0 Å². The molecule has 2 aromatic rings. The zero-order valence-corrected chi connectivity index (χ0v) is 11.3. The molecule has 1 heterocycles. The number of allylic oxidation sites excluding steroid dienone is 1. The van der Waals surface area contributed by atoms with Crippen LogP contribution in [-0.2, 0) is 9.53 Å². The topological polar surface area (TPSA) is 87.0 Å². The highest BCUT2D eigenvalue weighted by Gasteiger charge is 2.09. The molecule has 0 fully saturated rings. The Morgan fingerprint density at radius 2 is 2.20 bits per heavy atom. The van der Waals surface area contributed by atoms with Crippen molar-refractivity contribution in [2.45, 2.75) is 13.8 Å². The number of rotatable bonds is 4. The summed E-state index contributed by atoms with van der Waals surface area (Å²) in [7, 11) is 0. The third kappa shape index (κ3) is 3.03. The van der Waals surface area contributed by atoms with E-state index in [0.717, 1.165) is 10.9 Å². The fourth-order valence-corrected chi connectivity index (χ4v) is 1.73. The molecule has 0 aliphatic carbocycles. The molecule has 6 heteroatoms. The number of carbonyl (C=O) groups excluding carboxylic acids is 1. The normalized spacial score (nSPS) is 12.2. The molecule has 0 bridgehead atoms. The number of H-pyrrole nitrogens is 1. The lowest BCUT2D eigenvalue weighted by molar-refractivity contribution is -0.137. The van der Waals surface area contributed by atoms with E-state index in [1.54, 1.807) is 13.8 Å². The molecule has 6 nitrogen and oxygen atoms in total. The van der Waals surface area contributed by atoms with E-state index >= 15 is 0 Å². The van der Waals surface area contributed by atoms with E-state index in [9.17, 15) is 9.90 Å². The summed E-state index contributed by atoms with van der Waals surface area (Å²) >= 11 is 0. The highest BCUT2D eigenvalue weighted by Crippen LogP contribution is 2.35. The van der Waals surface area contributed by atoms with Crippen LogP contribution in [0.1, 0.15) is 13.8 Å². The highest BCUT2D eigenvalue weighted by atomic mass is 16.5. The molecule has 2 N–H and O–H groups in total. The Balaban J connectivity index is 2.25. The molecule has 0 atom stereocenters. The number of hydrogen-bond acceptors (Lipinski definition) is 5. The average molecular weight is 273 g/mol. The van der Waals surface area contributed by atoms with Gasteiger partial charge in [0.05, 0.1) is 17.8 Å². The molecule has 1 aromatic heterocycles. The number of aromatic amines is 1. The van der Waals surface area contributed by atoms with Crippen molar-refractivity contribution in [3.05, 3.63) is 36.0 Å². The van der Waals surface area contributed by atoms with Gasteiger partial charge < -0.3 is 14.8 Å². The van der Waals surface area contributed by atoms with E-state index in [4.69, 9.17) is 4.74 Å². The summed E-state index contributed by atoms with van der Waals surface area (Å²) in [6.07, 6.45) is 1.25. The third-order valence-electron chi connectivity index (χ3n) is 2.58. The number of benzene rings is 1. The van der Waals surface area contributed by atoms with Gasteiger partial charge in [-0.05, 0) is 19.9 Å². The second-order valence-electron chi connectivity index (χ2n) is 4.11. The lowest BCUT2D eigenvalue weighted by Gasteiger charge is -1.95. The number of aromatic nitrogens is 1. The van der Waals surface area contributed by atoms with Gasteiger partial charge in [0.2, 0.25) is 5.88 Å². The van der Waals surface area contributed by atoms with Crippen LogP contribution in [0, 0.1) is 0 Å². The van der Waals surface area contributed by atoms with Crippen molar-refractivity contribution in [1.82, 2.24) is 4.98 Å². The van der Waals surface area contributed by atoms with Crippen molar-refractivity contribution in [1.29, 1.82) is 0 Å². The third-order valence-corrected chi connectivity index (χ3v) is 2.58. The van der Waals surface area contributed by atoms with Crippen molar-refractivity contribution in [3.63, 3.8) is 0 Å². The van der Waals surface area contributed by atoms with Crippen molar-refractivity contribution in [3.8, 4) is 5.88 Å². The molecule has 104 valence electrons. The lowest BCUT2D eigenvalue weighted by Crippen LogP contribution is -1.99. The van der Waals surface area contributed by atoms with Crippen LogP contribution in [-0.4, -0.2) is 22.7 Å². The second kappa shape index (κ2) is 6.01. The maximum atomic E-state index is 11.2. The molecule has 0 saturated carbocycles. The predicted octanol–water partition coefficient (Wildman–Crippen LogP) is 3.42. The van der Waals surface area contributed by atoms with Crippen LogP contribution < -0.4 is 0 Å². The minimum atomic E-state index is -0.466. The van der Waals surface area contributed by atoms with Crippen LogP contribution in [0.25, 0.3) is 10.9 Å². The number of esters is 1. The number of aromatic hydroxyl groups is 1. The number of fused-ring (bicyclic) bond motifs is 1. The lowest BCUT2D eigenvalue weighted by atomic mass is 10.2. The Kier molecular flexibility index (Phi) is 4.14. The number of ether oxygens (including phenoxy) is 1. The van der Waals surface area contributed by atoms with Crippen LogP contribution in [0.3, 0.4) is 0 Å². The van der Waals surface area contributed by atoms with Gasteiger partial charge in [-0.15, -0.1) is 5.11 Å². The SMILES string of the molecule is CCOC(=O)/C=C(\C)N=Nc1c(O)[nH]c2ccccc12. The summed E-state index contributed by atoms with van der Waals surface area (Å²) in [5.41, 5.74) is 1.51. The molecule has 0 amide bonds. The fourth-order valence-electron chi connectivity index (χ4n) is 1.73. The summed E-state index contributed by atoms with van der Waals surface area (Å²) in [6, 6.07) is 7.35. The van der Waals surface area contributed by atoms with E-state index in [1.165, 1.54) is 6.08 Å². The van der Waals surface area contributed by atoms with Gasteiger partial charge >= 0.3 is 5.97 Å². The number of para-hydroxylation sites is 1. The first kappa shape index (κ1) is 13.8. The van der Waals surface area contributed by atoms with Gasteiger partial charge in [0, 0.05) is 11.5 Å². The van der Waals surface area contributed by atoms with Gasteiger partial charge in [-0.1, -0.05) is 18.2 Å². The Hall–Kier alpha value is -2.63. The zero-order chi connectivity index (χ0) is 14.5. The van der Waals surface area contributed by atoms with Gasteiger partial charge in [-0.3, -0.25) is 0 Å². The quantitative estimate of drug-likeness (QED) is 0.508. The molecule has 20 heavy (non-hydrogen) atoms. The maximum absolute atomic E-state index is 11.2. The standard InChI is InChI=1S/C14H15N3O3/c1-3-20-12(18)8-9(2)16-17-13-10-6-4-5-7-11(10)15-14(13)19/h4-8,15,19H,3H2,1-2H3/b9-8+,17-16?. The molecule has 0 radical (unpaired) electrons. The molecule has 1 aromatic carbocycles. The fraction of sp³-hybridized carbons (Fsp3) is 0.214. The predicted molar refractivity (Wildman–Crippen MR) is 74.9 cm³/mol. The Morgan fingerprint density at radius 1 is 1.45 bits per heavy atom. The van der Waals surface area contributed by atoms with Crippen LogP contribution in [0.5, 0.6) is 5.88 Å². The minimum absolute atomic E-state index is 0.0566. The number of azo groups is 1. The molecule has 0 unspecified atom stereocenters. The number of hydrogen-bond donors (Lipinski definition) is 2. The monoisotopic (exact) mass is 273 g/mol. The van der Waals surface area contributed by atoms with E-state index in [0.29, 0.717) is 18.0 Å². The van der Waals surface area contributed by atoms with E-state index in [-0.39, 0.29) is 5.88 Å². The maximum Gasteiger partial charge on any atom is 0.332 e. The minimum Gasteiger partial charge on any atom is -0.493 e. The molecule has 0 aliphatic rings. The van der Waals surface area contributed by atoms with E-state index in [1.807, 2.05) is 24.3 Å². The Bertz CT molecular complexity index is 686. The first-order valence-electron chi connectivity index (χ1n) is 6.18. The van der Waals surface area contributed by atoms with Crippen LogP contribution in [0.2, 0.25) is 0 Å². The largest absolute Gasteiger partial charge is 0.493 e. The molecular weight excluding hydrogens is 258 g/mol. The molecule has 2 rings (SSSR count). The smallest absolute Gasteiger partial charge is 0.332 e. The Labute approximate surface area is 115 Å². The van der Waals surface area contributed by atoms with Crippen LogP contribution in [0.15, 0.2) is 46.3 Å². The average Bonchev–Trinajstić information content (AvgIpc) is 2.72. The first-order chi connectivity index (χ1) is 9.61. The summed E-state index contributed by atoms with van der Waals surface area (Å²) in [4.78, 5) is 14.0. The Morgan fingerprint density at radius 3 is 2.95 bits per heavy atom. The van der Waals surface area contributed by atoms with E-state index in [2.05, 4.69) is 15.2 Å². The van der Waals surface area contributed by atoms with Crippen molar-refractivity contribution >= 4 is 22.6 Å². The van der Waals surface area contributed by atoms with Crippen LogP contribution in [0.4, 0.5) is 5.69 Å². The first-order valence-corrected chi connectivity index (χ1v) is 6.18. The molecular formula is C14H15N3O3. The second-order valence-corrected chi connectivity index (χ2v) is 4.11. The highest BCUT2D eigenvalue weighted by molar-refractivity contribution is 5.94. The van der Waals surface area contributed by atoms with Crippen molar-refractivity contribution in [2.24, 2.45) is 10.2 Å². The van der Waals surface area contributed by atoms with Gasteiger partial charge in [-0.2, -0.15) is 5.11 Å². The van der Waals surface area contributed by atoms with Gasteiger partial charge in [0.15, 0.2) is 5.69 Å². The van der Waals surface area contributed by atoms with Crippen molar-refractivity contribution < 1.29 is 14.6 Å². The summed E-state index contributed by atoms with van der Waals surface area (Å²) in [5, 5.41) is 18.4. The summed E-state index contributed by atoms with van der Waals surface area (Å²) in [5.74, 6) is -0.522. The molecule has 0 saturated heterocycles. The van der Waals surface area contributed by atoms with Gasteiger partial charge in [0.1, 0.15) is 0 Å². The van der Waals surface area contributed by atoms with E-state index < -0.39 is 5.97 Å². The molecule has 0 spiro atoms. The number of carbonyl (C=O) groups is 1. The zero-order valence-electron chi connectivity index (χ0n) is 11.3. The molecule has 0 aliphatic heterocycles. The number of nitrogens with zero attached hydrogens (tertiary/aromatic N) is 2. The van der Waals surface area contributed by atoms with Gasteiger partial charge in [-0.25, -0.2) is 4.79 Å².